The first kappa shape index (κ1) is 26.8. The summed E-state index contributed by atoms with van der Waals surface area (Å²) in [7, 11) is -1.40. The van der Waals surface area contributed by atoms with Crippen molar-refractivity contribution in [2.75, 3.05) is 63.3 Å². The van der Waals surface area contributed by atoms with Crippen LogP contribution in [0.2, 0.25) is 0 Å². The van der Waals surface area contributed by atoms with Crippen LogP contribution in [-0.2, 0) is 14.9 Å². The third-order valence-electron chi connectivity index (χ3n) is 5.73. The van der Waals surface area contributed by atoms with Gasteiger partial charge in [0.1, 0.15) is 11.6 Å². The third kappa shape index (κ3) is 5.69. The summed E-state index contributed by atoms with van der Waals surface area (Å²) in [5.74, 6) is 0.303. The van der Waals surface area contributed by atoms with E-state index in [0.717, 1.165) is 13.5 Å². The Labute approximate surface area is 199 Å². The van der Waals surface area contributed by atoms with E-state index in [1.54, 1.807) is 6.07 Å². The number of nitrogens with zero attached hydrogens (tertiary/aromatic N) is 5. The lowest BCUT2D eigenvalue weighted by Crippen LogP contribution is -2.61. The summed E-state index contributed by atoms with van der Waals surface area (Å²) in [5.41, 5.74) is -0.0636. The molecule has 2 saturated heterocycles. The van der Waals surface area contributed by atoms with Crippen molar-refractivity contribution in [1.29, 1.82) is 0 Å². The molecule has 2 aliphatic rings. The third-order valence-corrected chi connectivity index (χ3v) is 7.64. The van der Waals surface area contributed by atoms with Crippen LogP contribution in [0.5, 0.6) is 5.75 Å². The second-order valence-corrected chi connectivity index (χ2v) is 11.9. The van der Waals surface area contributed by atoms with Crippen molar-refractivity contribution in [1.82, 2.24) is 13.6 Å². The van der Waals surface area contributed by atoms with E-state index in [-0.39, 0.29) is 30.7 Å². The molecule has 1 unspecified atom stereocenters. The van der Waals surface area contributed by atoms with Gasteiger partial charge in [-0.05, 0) is 33.8 Å². The molecule has 2 fully saturated rings. The summed E-state index contributed by atoms with van der Waals surface area (Å²) >= 11 is 0. The number of hydrogen-bond acceptors (Lipinski definition) is 7. The van der Waals surface area contributed by atoms with E-state index >= 15 is 0 Å². The van der Waals surface area contributed by atoms with Crippen LogP contribution < -0.4 is 14.5 Å². The molecule has 34 heavy (non-hydrogen) atoms. The number of alkyl halides is 3. The average molecular weight is 510 g/mol. The summed E-state index contributed by atoms with van der Waals surface area (Å²) in [6.07, 6.45) is -3.22. The van der Waals surface area contributed by atoms with Gasteiger partial charge in [0.2, 0.25) is 0 Å². The Morgan fingerprint density at radius 3 is 2.38 bits per heavy atom. The van der Waals surface area contributed by atoms with E-state index in [1.165, 1.54) is 20.3 Å². The lowest BCUT2D eigenvalue weighted by atomic mass is 10.1. The van der Waals surface area contributed by atoms with Crippen molar-refractivity contribution in [3.63, 3.8) is 0 Å². The molecule has 194 valence electrons. The average Bonchev–Trinajstić information content (AvgIpc) is 2.72. The first-order valence-electron chi connectivity index (χ1n) is 11.2. The fourth-order valence-electron chi connectivity index (χ4n) is 4.08. The monoisotopic (exact) mass is 509 g/mol. The zero-order valence-electron chi connectivity index (χ0n) is 20.5. The Morgan fingerprint density at radius 2 is 1.82 bits per heavy atom. The molecule has 3 heterocycles. The van der Waals surface area contributed by atoms with E-state index in [0.29, 0.717) is 25.4 Å². The molecule has 0 aromatic carbocycles. The van der Waals surface area contributed by atoms with Gasteiger partial charge in [-0.2, -0.15) is 30.2 Å². The predicted octanol–water partition coefficient (Wildman–Crippen LogP) is 2.34. The van der Waals surface area contributed by atoms with E-state index in [2.05, 4.69) is 4.98 Å². The zero-order valence-corrected chi connectivity index (χ0v) is 21.3. The number of halogens is 3. The minimum Gasteiger partial charge on any atom is -0.482 e. The molecular weight excluding hydrogens is 475 g/mol. The molecule has 1 aromatic rings. The van der Waals surface area contributed by atoms with Crippen LogP contribution >= 0.6 is 0 Å². The number of ether oxygens (including phenoxy) is 2. The van der Waals surface area contributed by atoms with Gasteiger partial charge in [-0.3, -0.25) is 0 Å². The van der Waals surface area contributed by atoms with Crippen LogP contribution in [0.25, 0.3) is 0 Å². The highest BCUT2D eigenvalue weighted by Gasteiger charge is 2.50. The van der Waals surface area contributed by atoms with Crippen molar-refractivity contribution in [3.8, 4) is 5.75 Å². The molecule has 2 atom stereocenters. The van der Waals surface area contributed by atoms with E-state index in [1.807, 2.05) is 32.6 Å². The maximum absolute atomic E-state index is 14.3. The fourth-order valence-corrected chi connectivity index (χ4v) is 5.18. The predicted molar refractivity (Wildman–Crippen MR) is 124 cm³/mol. The fraction of sp³-hybridized carbons (Fsp3) is 0.762. The summed E-state index contributed by atoms with van der Waals surface area (Å²) in [6.45, 7) is 7.93. The number of anilines is 2. The largest absolute Gasteiger partial charge is 0.482 e. The van der Waals surface area contributed by atoms with E-state index in [4.69, 9.17) is 9.47 Å². The minimum absolute atomic E-state index is 0.00758. The molecule has 0 spiro atoms. The van der Waals surface area contributed by atoms with Gasteiger partial charge in [0, 0.05) is 52.5 Å². The first-order chi connectivity index (χ1) is 15.6. The molecule has 0 amide bonds. The quantitative estimate of drug-likeness (QED) is 0.603. The van der Waals surface area contributed by atoms with Gasteiger partial charge in [-0.25, -0.2) is 4.98 Å². The molecule has 9 nitrogen and oxygen atoms in total. The summed E-state index contributed by atoms with van der Waals surface area (Å²) < 4.78 is 81.4. The van der Waals surface area contributed by atoms with Gasteiger partial charge < -0.3 is 19.3 Å². The van der Waals surface area contributed by atoms with Crippen LogP contribution in [0.1, 0.15) is 27.7 Å². The standard InChI is InChI=1S/C21H34F3N5O4S/c1-15-14-32-12-11-28(15)16-7-8-25-19(18(16)33-20(2,3)4)29-10-9-27(34(30,31)26(5)6)13-17(29)21(22,23)24/h7-8,15,17H,9-14H2,1-6H3/t15-,17?/m1/s1. The van der Waals surface area contributed by atoms with Crippen molar-refractivity contribution < 1.29 is 31.1 Å². The highest BCUT2D eigenvalue weighted by Crippen LogP contribution is 2.43. The van der Waals surface area contributed by atoms with Crippen LogP contribution in [0.4, 0.5) is 24.7 Å². The topological polar surface area (TPSA) is 78.5 Å². The number of hydrogen-bond donors (Lipinski definition) is 0. The Hall–Kier alpha value is -1.83. The molecule has 0 aliphatic carbocycles. The van der Waals surface area contributed by atoms with Gasteiger partial charge in [-0.15, -0.1) is 0 Å². The van der Waals surface area contributed by atoms with E-state index in [9.17, 15) is 21.6 Å². The molecule has 0 saturated carbocycles. The highest BCUT2D eigenvalue weighted by molar-refractivity contribution is 7.86. The Morgan fingerprint density at radius 1 is 1.15 bits per heavy atom. The van der Waals surface area contributed by atoms with Crippen molar-refractivity contribution >= 4 is 21.7 Å². The second kappa shape index (κ2) is 9.67. The molecule has 0 bridgehead atoms. The highest BCUT2D eigenvalue weighted by atomic mass is 32.2. The summed E-state index contributed by atoms with van der Waals surface area (Å²) in [6, 6.07) is -0.350. The lowest BCUT2D eigenvalue weighted by Gasteiger charge is -2.44. The van der Waals surface area contributed by atoms with E-state index < -0.39 is 34.6 Å². The normalized spacial score (nSPS) is 23.5. The van der Waals surface area contributed by atoms with Crippen LogP contribution in [-0.4, -0.2) is 99.4 Å². The smallest absolute Gasteiger partial charge is 0.410 e. The van der Waals surface area contributed by atoms with Gasteiger partial charge in [-0.1, -0.05) is 0 Å². The van der Waals surface area contributed by atoms with Gasteiger partial charge in [0.25, 0.3) is 10.2 Å². The number of rotatable bonds is 5. The Kier molecular flexibility index (Phi) is 7.61. The van der Waals surface area contributed by atoms with Crippen molar-refractivity contribution in [2.45, 2.75) is 51.6 Å². The number of piperazine rings is 1. The summed E-state index contributed by atoms with van der Waals surface area (Å²) in [5, 5.41) is 0. The van der Waals surface area contributed by atoms with Crippen LogP contribution in [0, 0.1) is 0 Å². The second-order valence-electron chi connectivity index (χ2n) is 9.71. The zero-order chi connectivity index (χ0) is 25.5. The van der Waals surface area contributed by atoms with Gasteiger partial charge in [0.15, 0.2) is 11.6 Å². The molecule has 0 N–H and O–H groups in total. The van der Waals surface area contributed by atoms with Crippen LogP contribution in [0.15, 0.2) is 12.3 Å². The lowest BCUT2D eigenvalue weighted by molar-refractivity contribution is -0.153. The van der Waals surface area contributed by atoms with Crippen LogP contribution in [0.3, 0.4) is 0 Å². The first-order valence-corrected chi connectivity index (χ1v) is 12.6. The van der Waals surface area contributed by atoms with Gasteiger partial charge in [0.05, 0.1) is 18.9 Å². The number of aromatic nitrogens is 1. The molecular formula is C21H34F3N5O4S. The SMILES string of the molecule is C[C@@H]1COCCN1c1ccnc(N2CCN(S(=O)(=O)N(C)C)CC2C(F)(F)F)c1OC(C)(C)C. The Bertz CT molecular complexity index is 968. The Balaban J connectivity index is 2.08. The number of pyridine rings is 1. The molecule has 2 aliphatic heterocycles. The number of morpholine rings is 1. The molecule has 1 aromatic heterocycles. The molecule has 3 rings (SSSR count). The van der Waals surface area contributed by atoms with Crippen molar-refractivity contribution in [3.05, 3.63) is 12.3 Å². The van der Waals surface area contributed by atoms with Crippen molar-refractivity contribution in [2.24, 2.45) is 0 Å². The summed E-state index contributed by atoms with van der Waals surface area (Å²) in [4.78, 5) is 7.49. The molecule has 0 radical (unpaired) electrons. The minimum atomic E-state index is -4.69. The molecule has 13 heteroatoms. The van der Waals surface area contributed by atoms with Gasteiger partial charge >= 0.3 is 6.18 Å². The maximum Gasteiger partial charge on any atom is 0.410 e. The maximum atomic E-state index is 14.3.